The highest BCUT2D eigenvalue weighted by atomic mass is 32.2. The van der Waals surface area contributed by atoms with Gasteiger partial charge < -0.3 is 0 Å². The highest BCUT2D eigenvalue weighted by molar-refractivity contribution is 7.98. The van der Waals surface area contributed by atoms with Gasteiger partial charge in [0.05, 0.1) is 10.7 Å². The lowest BCUT2D eigenvalue weighted by molar-refractivity contribution is 0.996. The summed E-state index contributed by atoms with van der Waals surface area (Å²) in [6.45, 7) is 1.91. The molecule has 3 rings (SSSR count). The van der Waals surface area contributed by atoms with Gasteiger partial charge in [0.2, 0.25) is 0 Å². The van der Waals surface area contributed by atoms with Crippen LogP contribution in [-0.4, -0.2) is 14.4 Å². The van der Waals surface area contributed by atoms with E-state index in [0.717, 1.165) is 21.4 Å². The minimum absolute atomic E-state index is 0.0135. The van der Waals surface area contributed by atoms with Crippen LogP contribution < -0.4 is 5.56 Å². The summed E-state index contributed by atoms with van der Waals surface area (Å²) in [5, 5.41) is 2.88. The van der Waals surface area contributed by atoms with Gasteiger partial charge in [0.1, 0.15) is 0 Å². The molecule has 3 aromatic rings. The van der Waals surface area contributed by atoms with Crippen molar-refractivity contribution in [2.75, 3.05) is 0 Å². The minimum Gasteiger partial charge on any atom is -0.269 e. The molecule has 0 aliphatic rings. The number of thioether (sulfide) groups is 1. The maximum absolute atomic E-state index is 12.0. The van der Waals surface area contributed by atoms with Crippen molar-refractivity contribution in [3.63, 3.8) is 0 Å². The zero-order chi connectivity index (χ0) is 13.2. The van der Waals surface area contributed by atoms with Gasteiger partial charge in [-0.2, -0.15) is 0 Å². The number of aryl methyl sites for hydroxylation is 1. The second-order valence-electron chi connectivity index (χ2n) is 4.04. The van der Waals surface area contributed by atoms with Crippen molar-refractivity contribution < 1.29 is 0 Å². The van der Waals surface area contributed by atoms with Gasteiger partial charge in [-0.15, -0.1) is 23.1 Å². The summed E-state index contributed by atoms with van der Waals surface area (Å²) < 4.78 is 1.64. The summed E-state index contributed by atoms with van der Waals surface area (Å²) in [6.07, 6.45) is 1.76. The molecule has 6 heteroatoms. The lowest BCUT2D eigenvalue weighted by Crippen LogP contribution is -2.14. The van der Waals surface area contributed by atoms with Crippen LogP contribution in [0.25, 0.3) is 4.96 Å². The Hall–Kier alpha value is -1.66. The van der Waals surface area contributed by atoms with Crippen LogP contribution in [0, 0.1) is 6.92 Å². The fourth-order valence-electron chi connectivity index (χ4n) is 1.76. The molecule has 96 valence electrons. The molecular formula is C13H11N3OS2. The van der Waals surface area contributed by atoms with Crippen LogP contribution in [-0.2, 0) is 5.75 Å². The van der Waals surface area contributed by atoms with Crippen molar-refractivity contribution in [1.82, 2.24) is 14.4 Å². The number of pyridine rings is 1. The summed E-state index contributed by atoms with van der Waals surface area (Å²) in [5.41, 5.74) is 1.71. The number of thiazole rings is 1. The zero-order valence-electron chi connectivity index (χ0n) is 10.2. The lowest BCUT2D eigenvalue weighted by Gasteiger charge is -2.01. The predicted octanol–water partition coefficient (Wildman–Crippen LogP) is 2.75. The van der Waals surface area contributed by atoms with E-state index in [1.807, 2.05) is 30.5 Å². The van der Waals surface area contributed by atoms with Gasteiger partial charge in [0.15, 0.2) is 4.96 Å². The van der Waals surface area contributed by atoms with Crippen LogP contribution in [0.15, 0.2) is 45.7 Å². The molecule has 0 spiro atoms. The Morgan fingerprint density at radius 1 is 1.42 bits per heavy atom. The van der Waals surface area contributed by atoms with E-state index >= 15 is 0 Å². The van der Waals surface area contributed by atoms with E-state index in [2.05, 4.69) is 9.97 Å². The molecule has 0 unspecified atom stereocenters. The average Bonchev–Trinajstić information content (AvgIpc) is 2.80. The molecule has 0 saturated heterocycles. The zero-order valence-corrected chi connectivity index (χ0v) is 11.9. The first-order valence-corrected chi connectivity index (χ1v) is 7.61. The molecule has 0 bridgehead atoms. The molecule has 0 atom stereocenters. The van der Waals surface area contributed by atoms with Crippen LogP contribution in [0.4, 0.5) is 0 Å². The summed E-state index contributed by atoms with van der Waals surface area (Å²) in [4.78, 5) is 21.5. The third-order valence-electron chi connectivity index (χ3n) is 2.63. The van der Waals surface area contributed by atoms with Gasteiger partial charge in [-0.05, 0) is 19.1 Å². The van der Waals surface area contributed by atoms with E-state index in [1.165, 1.54) is 11.3 Å². The van der Waals surface area contributed by atoms with E-state index in [1.54, 1.807) is 28.4 Å². The smallest absolute Gasteiger partial charge is 0.258 e. The van der Waals surface area contributed by atoms with Crippen LogP contribution in [0.1, 0.15) is 11.4 Å². The fourth-order valence-corrected chi connectivity index (χ4v) is 3.40. The van der Waals surface area contributed by atoms with Crippen molar-refractivity contribution in [2.45, 2.75) is 17.7 Å². The number of aromatic nitrogens is 3. The van der Waals surface area contributed by atoms with Gasteiger partial charge in [0.25, 0.3) is 5.56 Å². The van der Waals surface area contributed by atoms with E-state index in [-0.39, 0.29) is 5.56 Å². The molecule has 0 aliphatic carbocycles. The maximum Gasteiger partial charge on any atom is 0.258 e. The first kappa shape index (κ1) is 12.4. The largest absolute Gasteiger partial charge is 0.269 e. The fraction of sp³-hybridized carbons (Fsp3) is 0.154. The molecular weight excluding hydrogens is 278 g/mol. The molecule has 0 fully saturated rings. The Bertz CT molecular complexity index is 764. The van der Waals surface area contributed by atoms with Crippen LogP contribution in [0.3, 0.4) is 0 Å². The van der Waals surface area contributed by atoms with E-state index in [4.69, 9.17) is 0 Å². The Morgan fingerprint density at radius 3 is 3.11 bits per heavy atom. The summed E-state index contributed by atoms with van der Waals surface area (Å²) >= 11 is 3.07. The van der Waals surface area contributed by atoms with Crippen molar-refractivity contribution in [1.29, 1.82) is 0 Å². The molecule has 3 heterocycles. The minimum atomic E-state index is -0.0135. The quantitative estimate of drug-likeness (QED) is 0.696. The van der Waals surface area contributed by atoms with E-state index < -0.39 is 0 Å². The van der Waals surface area contributed by atoms with Crippen LogP contribution in [0.2, 0.25) is 0 Å². The third-order valence-corrected chi connectivity index (χ3v) is 4.56. The Labute approximate surface area is 118 Å². The molecule has 19 heavy (non-hydrogen) atoms. The SMILES string of the molecule is Cc1csc2nc(CSc3ccccn3)cc(=O)n12. The highest BCUT2D eigenvalue weighted by Crippen LogP contribution is 2.19. The lowest BCUT2D eigenvalue weighted by atomic mass is 10.4. The monoisotopic (exact) mass is 289 g/mol. The normalized spacial score (nSPS) is 11.0. The summed E-state index contributed by atoms with van der Waals surface area (Å²) in [5.74, 6) is 0.652. The van der Waals surface area contributed by atoms with Gasteiger partial charge in [-0.3, -0.25) is 9.20 Å². The van der Waals surface area contributed by atoms with Gasteiger partial charge >= 0.3 is 0 Å². The molecule has 0 radical (unpaired) electrons. The Kier molecular flexibility index (Phi) is 3.35. The number of hydrogen-bond donors (Lipinski definition) is 0. The number of rotatable bonds is 3. The van der Waals surface area contributed by atoms with Gasteiger partial charge in [-0.25, -0.2) is 9.97 Å². The van der Waals surface area contributed by atoms with Crippen LogP contribution in [0.5, 0.6) is 0 Å². The molecule has 0 saturated carbocycles. The van der Waals surface area contributed by atoms with Crippen LogP contribution >= 0.6 is 23.1 Å². The molecule has 3 aromatic heterocycles. The van der Waals surface area contributed by atoms with Gasteiger partial charge in [-0.1, -0.05) is 6.07 Å². The Balaban J connectivity index is 1.88. The van der Waals surface area contributed by atoms with E-state index in [0.29, 0.717) is 5.75 Å². The third kappa shape index (κ3) is 2.54. The number of nitrogens with zero attached hydrogens (tertiary/aromatic N) is 3. The molecule has 0 amide bonds. The standard InChI is InChI=1S/C13H11N3OS2/c1-9-7-19-13-15-10(6-12(17)16(9)13)8-18-11-4-2-3-5-14-11/h2-7H,8H2,1H3. The second kappa shape index (κ2) is 5.14. The number of fused-ring (bicyclic) bond motifs is 1. The molecule has 0 aliphatic heterocycles. The van der Waals surface area contributed by atoms with Crippen molar-refractivity contribution in [3.8, 4) is 0 Å². The Morgan fingerprint density at radius 2 is 2.32 bits per heavy atom. The molecule has 4 nitrogen and oxygen atoms in total. The topological polar surface area (TPSA) is 47.3 Å². The van der Waals surface area contributed by atoms with Crippen molar-refractivity contribution >= 4 is 28.1 Å². The number of hydrogen-bond acceptors (Lipinski definition) is 5. The molecule has 0 N–H and O–H groups in total. The summed E-state index contributed by atoms with van der Waals surface area (Å²) in [7, 11) is 0. The first-order chi connectivity index (χ1) is 9.24. The predicted molar refractivity (Wildman–Crippen MR) is 77.9 cm³/mol. The van der Waals surface area contributed by atoms with Crippen molar-refractivity contribution in [2.24, 2.45) is 0 Å². The van der Waals surface area contributed by atoms with Crippen molar-refractivity contribution in [3.05, 3.63) is 57.6 Å². The van der Waals surface area contributed by atoms with Gasteiger partial charge in [0, 0.05) is 29.1 Å². The van der Waals surface area contributed by atoms with E-state index in [9.17, 15) is 4.79 Å². The first-order valence-electron chi connectivity index (χ1n) is 5.74. The average molecular weight is 289 g/mol. The maximum atomic E-state index is 12.0. The summed E-state index contributed by atoms with van der Waals surface area (Å²) in [6, 6.07) is 7.38. The second-order valence-corrected chi connectivity index (χ2v) is 5.87. The molecule has 0 aromatic carbocycles. The highest BCUT2D eigenvalue weighted by Gasteiger charge is 2.06.